The SMILES string of the molecule is CC(=O)OC1CC(C)(C)C(=C=CC(C)=CC=CC(C)=CC=CC=C(C)C=CC=C(C)C=CC2=C(C)CC(O)CC2(C)C)C(C)(O)C1. The number of hydrogen-bond donors (Lipinski definition) is 2. The molecule has 0 aromatic heterocycles. The van der Waals surface area contributed by atoms with Crippen LogP contribution in [0.4, 0.5) is 0 Å². The van der Waals surface area contributed by atoms with Gasteiger partial charge in [-0.15, -0.1) is 5.73 Å². The molecular formula is C42H58O4. The highest BCUT2D eigenvalue weighted by atomic mass is 16.5. The van der Waals surface area contributed by atoms with Crippen LogP contribution >= 0.6 is 0 Å². The summed E-state index contributed by atoms with van der Waals surface area (Å²) < 4.78 is 5.42. The molecule has 0 spiro atoms. The molecule has 2 aliphatic rings. The monoisotopic (exact) mass is 626 g/mol. The van der Waals surface area contributed by atoms with Crippen molar-refractivity contribution in [2.75, 3.05) is 0 Å². The molecule has 250 valence electrons. The molecule has 0 amide bonds. The van der Waals surface area contributed by atoms with Gasteiger partial charge in [-0.1, -0.05) is 123 Å². The predicted octanol–water partition coefficient (Wildman–Crippen LogP) is 10.1. The van der Waals surface area contributed by atoms with Gasteiger partial charge in [0.15, 0.2) is 0 Å². The van der Waals surface area contributed by atoms with Gasteiger partial charge in [0.25, 0.3) is 0 Å². The van der Waals surface area contributed by atoms with Crippen molar-refractivity contribution in [3.05, 3.63) is 124 Å². The summed E-state index contributed by atoms with van der Waals surface area (Å²) in [6.07, 6.45) is 29.0. The van der Waals surface area contributed by atoms with E-state index < -0.39 is 5.60 Å². The Labute approximate surface area is 279 Å². The van der Waals surface area contributed by atoms with Crippen LogP contribution in [0, 0.1) is 10.8 Å². The predicted molar refractivity (Wildman–Crippen MR) is 194 cm³/mol. The maximum Gasteiger partial charge on any atom is 0.302 e. The van der Waals surface area contributed by atoms with E-state index in [1.165, 1.54) is 23.6 Å². The van der Waals surface area contributed by atoms with Gasteiger partial charge in [-0.3, -0.25) is 4.79 Å². The first-order valence-corrected chi connectivity index (χ1v) is 16.5. The number of hydrogen-bond acceptors (Lipinski definition) is 4. The van der Waals surface area contributed by atoms with Gasteiger partial charge in [0, 0.05) is 18.9 Å². The fraction of sp³-hybridized carbons (Fsp3) is 0.476. The number of rotatable bonds is 10. The topological polar surface area (TPSA) is 66.8 Å². The van der Waals surface area contributed by atoms with Crippen molar-refractivity contribution in [3.63, 3.8) is 0 Å². The minimum absolute atomic E-state index is 0.00944. The zero-order chi connectivity index (χ0) is 34.7. The second-order valence-corrected chi connectivity index (χ2v) is 14.7. The number of allylic oxidation sites excluding steroid dienone is 17. The third kappa shape index (κ3) is 12.8. The van der Waals surface area contributed by atoms with Crippen LogP contribution in [0.1, 0.15) is 102 Å². The number of carbonyl (C=O) groups is 1. The van der Waals surface area contributed by atoms with E-state index in [4.69, 9.17) is 4.74 Å². The summed E-state index contributed by atoms with van der Waals surface area (Å²) >= 11 is 0. The van der Waals surface area contributed by atoms with Crippen LogP contribution in [-0.2, 0) is 9.53 Å². The Kier molecular flexibility index (Phi) is 14.3. The van der Waals surface area contributed by atoms with E-state index in [0.717, 1.165) is 35.1 Å². The quantitative estimate of drug-likeness (QED) is 0.144. The first-order valence-electron chi connectivity index (χ1n) is 16.5. The average molecular weight is 627 g/mol. The molecule has 0 aliphatic heterocycles. The van der Waals surface area contributed by atoms with Gasteiger partial charge in [0.2, 0.25) is 0 Å². The third-order valence-electron chi connectivity index (χ3n) is 8.61. The van der Waals surface area contributed by atoms with Crippen molar-refractivity contribution in [1.82, 2.24) is 0 Å². The van der Waals surface area contributed by atoms with Crippen molar-refractivity contribution < 1.29 is 19.7 Å². The fourth-order valence-electron chi connectivity index (χ4n) is 6.60. The molecule has 4 heteroatoms. The summed E-state index contributed by atoms with van der Waals surface area (Å²) in [5, 5.41) is 21.2. The zero-order valence-corrected chi connectivity index (χ0v) is 30.2. The first kappa shape index (κ1) is 38.8. The second kappa shape index (κ2) is 16.9. The molecule has 3 unspecified atom stereocenters. The Balaban J connectivity index is 1.97. The van der Waals surface area contributed by atoms with Gasteiger partial charge >= 0.3 is 5.97 Å². The first-order chi connectivity index (χ1) is 21.3. The van der Waals surface area contributed by atoms with Crippen LogP contribution in [0.25, 0.3) is 0 Å². The Morgan fingerprint density at radius 1 is 0.761 bits per heavy atom. The normalized spacial score (nSPS) is 26.5. The van der Waals surface area contributed by atoms with Gasteiger partial charge in [-0.25, -0.2) is 0 Å². The second-order valence-electron chi connectivity index (χ2n) is 14.7. The minimum atomic E-state index is -1.09. The summed E-state index contributed by atoms with van der Waals surface area (Å²) in [5.74, 6) is -0.317. The smallest absolute Gasteiger partial charge is 0.302 e. The number of ether oxygens (including phenoxy) is 1. The van der Waals surface area contributed by atoms with Gasteiger partial charge in [-0.2, -0.15) is 0 Å². The lowest BCUT2D eigenvalue weighted by molar-refractivity contribution is -0.152. The highest BCUT2D eigenvalue weighted by Gasteiger charge is 2.46. The standard InChI is InChI=1S/C42H58O4/c1-30(18-14-20-32(3)22-24-38-34(5)26-36(44)27-40(38,7)8)16-12-13-17-31(2)19-15-21-33(4)23-25-39-41(9,10)28-37(46-35(6)43)29-42(39,11)45/h12-24,36-37,44-45H,26-29H2,1-11H3. The summed E-state index contributed by atoms with van der Waals surface area (Å²) in [4.78, 5) is 11.4. The zero-order valence-electron chi connectivity index (χ0n) is 30.2. The van der Waals surface area contributed by atoms with Gasteiger partial charge in [-0.05, 0) is 88.9 Å². The fourth-order valence-corrected chi connectivity index (χ4v) is 6.60. The molecule has 0 radical (unpaired) electrons. The number of aliphatic hydroxyl groups is 2. The molecule has 0 saturated heterocycles. The van der Waals surface area contributed by atoms with Crippen LogP contribution in [0.3, 0.4) is 0 Å². The Morgan fingerprint density at radius 3 is 1.80 bits per heavy atom. The van der Waals surface area contributed by atoms with E-state index >= 15 is 0 Å². The average Bonchev–Trinajstić information content (AvgIpc) is 2.88. The molecule has 2 rings (SSSR count). The maximum absolute atomic E-state index is 11.4. The molecule has 4 nitrogen and oxygen atoms in total. The lowest BCUT2D eigenvalue weighted by Crippen LogP contribution is -2.46. The Hall–Kier alpha value is -3.43. The molecule has 2 N–H and O–H groups in total. The number of carbonyl (C=O) groups excluding carboxylic acids is 1. The molecule has 0 aromatic rings. The number of esters is 1. The van der Waals surface area contributed by atoms with Crippen molar-refractivity contribution in [1.29, 1.82) is 0 Å². The minimum Gasteiger partial charge on any atom is -0.462 e. The molecule has 0 aromatic carbocycles. The Bertz CT molecular complexity index is 1430. The summed E-state index contributed by atoms with van der Waals surface area (Å²) in [7, 11) is 0. The molecule has 0 bridgehead atoms. The molecular weight excluding hydrogens is 568 g/mol. The molecule has 3 atom stereocenters. The van der Waals surface area contributed by atoms with Gasteiger partial charge in [0.1, 0.15) is 6.10 Å². The van der Waals surface area contributed by atoms with Crippen molar-refractivity contribution >= 4 is 5.97 Å². The van der Waals surface area contributed by atoms with Crippen LogP contribution in [0.5, 0.6) is 0 Å². The van der Waals surface area contributed by atoms with Gasteiger partial charge < -0.3 is 14.9 Å². The van der Waals surface area contributed by atoms with Gasteiger partial charge in [0.05, 0.1) is 11.7 Å². The van der Waals surface area contributed by atoms with E-state index in [1.807, 2.05) is 37.3 Å². The summed E-state index contributed by atoms with van der Waals surface area (Å²) in [6.45, 7) is 22.1. The maximum atomic E-state index is 11.4. The van der Waals surface area contributed by atoms with Crippen molar-refractivity contribution in [2.24, 2.45) is 10.8 Å². The molecule has 1 fully saturated rings. The highest BCUT2D eigenvalue weighted by molar-refractivity contribution is 5.66. The number of aliphatic hydroxyl groups excluding tert-OH is 1. The van der Waals surface area contributed by atoms with Crippen molar-refractivity contribution in [3.8, 4) is 0 Å². The van der Waals surface area contributed by atoms with E-state index in [2.05, 4.69) is 110 Å². The summed E-state index contributed by atoms with van der Waals surface area (Å²) in [5.41, 5.74) is 9.85. The van der Waals surface area contributed by atoms with Crippen LogP contribution in [0.15, 0.2) is 124 Å². The van der Waals surface area contributed by atoms with Crippen molar-refractivity contribution in [2.45, 2.75) is 120 Å². The van der Waals surface area contributed by atoms with Crippen LogP contribution in [-0.4, -0.2) is 34.0 Å². The van der Waals surface area contributed by atoms with E-state index in [-0.39, 0.29) is 29.0 Å². The molecule has 46 heavy (non-hydrogen) atoms. The van der Waals surface area contributed by atoms with Crippen LogP contribution in [0.2, 0.25) is 0 Å². The molecule has 2 aliphatic carbocycles. The molecule has 0 heterocycles. The Morgan fingerprint density at radius 2 is 1.28 bits per heavy atom. The lowest BCUT2D eigenvalue weighted by Gasteiger charge is -2.44. The van der Waals surface area contributed by atoms with E-state index in [1.54, 1.807) is 6.92 Å². The molecule has 1 saturated carbocycles. The largest absolute Gasteiger partial charge is 0.462 e. The summed E-state index contributed by atoms with van der Waals surface area (Å²) in [6, 6.07) is 0. The van der Waals surface area contributed by atoms with E-state index in [0.29, 0.717) is 12.8 Å². The van der Waals surface area contributed by atoms with Crippen LogP contribution < -0.4 is 0 Å². The van der Waals surface area contributed by atoms with E-state index in [9.17, 15) is 15.0 Å². The third-order valence-corrected chi connectivity index (χ3v) is 8.61. The lowest BCUT2D eigenvalue weighted by atomic mass is 9.65. The highest BCUT2D eigenvalue weighted by Crippen LogP contribution is 2.46.